The van der Waals surface area contributed by atoms with Gasteiger partial charge in [0, 0.05) is 13.0 Å². The van der Waals surface area contributed by atoms with E-state index in [4.69, 9.17) is 0 Å². The Morgan fingerprint density at radius 3 is 2.74 bits per heavy atom. The van der Waals surface area contributed by atoms with Crippen LogP contribution in [0.5, 0.6) is 0 Å². The molecular formula is C15H21N3S. The minimum Gasteiger partial charge on any atom is -0.356 e. The molecule has 0 aliphatic carbocycles. The normalized spacial score (nSPS) is 11.0. The van der Waals surface area contributed by atoms with E-state index in [1.807, 2.05) is 0 Å². The maximum atomic E-state index is 4.21. The van der Waals surface area contributed by atoms with Crippen molar-refractivity contribution in [2.75, 3.05) is 5.32 Å². The molecule has 0 bridgehead atoms. The number of aryl methyl sites for hydroxylation is 2. The van der Waals surface area contributed by atoms with Crippen LogP contribution >= 0.6 is 11.3 Å². The Kier molecular flexibility index (Phi) is 4.53. The van der Waals surface area contributed by atoms with Crippen molar-refractivity contribution < 1.29 is 0 Å². The maximum Gasteiger partial charge on any atom is 0.205 e. The zero-order chi connectivity index (χ0) is 13.8. The van der Waals surface area contributed by atoms with Crippen LogP contribution in [0, 0.1) is 19.8 Å². The molecule has 0 aliphatic heterocycles. The Hall–Kier alpha value is -1.42. The van der Waals surface area contributed by atoms with Crippen molar-refractivity contribution >= 4 is 16.5 Å². The lowest BCUT2D eigenvalue weighted by Gasteiger charge is -2.07. The predicted molar refractivity (Wildman–Crippen MR) is 81.7 cm³/mol. The summed E-state index contributed by atoms with van der Waals surface area (Å²) in [5, 5.41) is 13.8. The van der Waals surface area contributed by atoms with Gasteiger partial charge >= 0.3 is 0 Å². The zero-order valence-corrected chi connectivity index (χ0v) is 12.8. The summed E-state index contributed by atoms with van der Waals surface area (Å²) in [5.41, 5.74) is 3.92. The average Bonchev–Trinajstić information content (AvgIpc) is 2.77. The first-order valence-electron chi connectivity index (χ1n) is 6.67. The van der Waals surface area contributed by atoms with Crippen LogP contribution in [0.3, 0.4) is 0 Å². The van der Waals surface area contributed by atoms with Crippen LogP contribution < -0.4 is 5.32 Å². The van der Waals surface area contributed by atoms with E-state index in [0.717, 1.165) is 23.1 Å². The quantitative estimate of drug-likeness (QED) is 0.897. The Morgan fingerprint density at radius 2 is 2.00 bits per heavy atom. The van der Waals surface area contributed by atoms with Crippen LogP contribution in [0.15, 0.2) is 18.2 Å². The number of aromatic nitrogens is 2. The molecule has 19 heavy (non-hydrogen) atoms. The Bertz CT molecular complexity index is 546. The SMILES string of the molecule is Cc1ccc(C)c(CNc2nnc(CC(C)C)s2)c1. The van der Waals surface area contributed by atoms with Crippen molar-refractivity contribution in [1.82, 2.24) is 10.2 Å². The summed E-state index contributed by atoms with van der Waals surface area (Å²) in [6.45, 7) is 9.47. The van der Waals surface area contributed by atoms with Crippen molar-refractivity contribution in [3.63, 3.8) is 0 Å². The van der Waals surface area contributed by atoms with Gasteiger partial charge in [0.1, 0.15) is 5.01 Å². The molecule has 1 aromatic heterocycles. The molecule has 2 aromatic rings. The molecule has 2 rings (SSSR count). The lowest BCUT2D eigenvalue weighted by Crippen LogP contribution is -2.01. The third kappa shape index (κ3) is 4.03. The monoisotopic (exact) mass is 275 g/mol. The molecule has 0 fully saturated rings. The van der Waals surface area contributed by atoms with Gasteiger partial charge in [0.15, 0.2) is 0 Å². The van der Waals surface area contributed by atoms with Gasteiger partial charge in [-0.05, 0) is 30.9 Å². The van der Waals surface area contributed by atoms with Crippen molar-refractivity contribution in [2.45, 2.75) is 40.7 Å². The Labute approximate surface area is 119 Å². The molecule has 4 heteroatoms. The summed E-state index contributed by atoms with van der Waals surface area (Å²) in [4.78, 5) is 0. The molecule has 3 nitrogen and oxygen atoms in total. The van der Waals surface area contributed by atoms with Crippen LogP contribution in [0.25, 0.3) is 0 Å². The topological polar surface area (TPSA) is 37.8 Å². The molecule has 102 valence electrons. The molecule has 0 atom stereocenters. The maximum absolute atomic E-state index is 4.21. The smallest absolute Gasteiger partial charge is 0.205 e. The van der Waals surface area contributed by atoms with Gasteiger partial charge in [-0.25, -0.2) is 0 Å². The third-order valence-electron chi connectivity index (χ3n) is 2.98. The molecule has 0 amide bonds. The number of anilines is 1. The summed E-state index contributed by atoms with van der Waals surface area (Å²) in [7, 11) is 0. The summed E-state index contributed by atoms with van der Waals surface area (Å²) >= 11 is 1.66. The van der Waals surface area contributed by atoms with Gasteiger partial charge in [0.25, 0.3) is 0 Å². The molecule has 1 heterocycles. The van der Waals surface area contributed by atoms with Crippen LogP contribution in [0.2, 0.25) is 0 Å². The fourth-order valence-corrected chi connectivity index (χ4v) is 2.87. The highest BCUT2D eigenvalue weighted by atomic mass is 32.1. The van der Waals surface area contributed by atoms with Crippen molar-refractivity contribution in [2.24, 2.45) is 5.92 Å². The first kappa shape index (κ1) is 14.0. The molecule has 0 saturated carbocycles. The largest absolute Gasteiger partial charge is 0.356 e. The minimum atomic E-state index is 0.625. The first-order valence-corrected chi connectivity index (χ1v) is 7.48. The third-order valence-corrected chi connectivity index (χ3v) is 3.89. The van der Waals surface area contributed by atoms with Gasteiger partial charge in [-0.15, -0.1) is 10.2 Å². The highest BCUT2D eigenvalue weighted by Crippen LogP contribution is 2.20. The van der Waals surface area contributed by atoms with E-state index in [9.17, 15) is 0 Å². The lowest BCUT2D eigenvalue weighted by atomic mass is 10.1. The predicted octanol–water partition coefficient (Wildman–Crippen LogP) is 3.97. The molecule has 1 N–H and O–H groups in total. The molecule has 1 aromatic carbocycles. The average molecular weight is 275 g/mol. The van der Waals surface area contributed by atoms with Gasteiger partial charge in [-0.3, -0.25) is 0 Å². The molecule has 0 spiro atoms. The van der Waals surface area contributed by atoms with Gasteiger partial charge in [0.2, 0.25) is 5.13 Å². The van der Waals surface area contributed by atoms with E-state index < -0.39 is 0 Å². The van der Waals surface area contributed by atoms with Crippen LogP contribution in [-0.2, 0) is 13.0 Å². The number of nitrogens with one attached hydrogen (secondary N) is 1. The van der Waals surface area contributed by atoms with Crippen molar-refractivity contribution in [3.8, 4) is 0 Å². The van der Waals surface area contributed by atoms with Crippen LogP contribution in [0.4, 0.5) is 5.13 Å². The number of benzene rings is 1. The number of hydrogen-bond acceptors (Lipinski definition) is 4. The fourth-order valence-electron chi connectivity index (χ4n) is 1.92. The zero-order valence-electron chi connectivity index (χ0n) is 12.0. The Balaban J connectivity index is 1.98. The fraction of sp³-hybridized carbons (Fsp3) is 0.467. The van der Waals surface area contributed by atoms with Crippen LogP contribution in [-0.4, -0.2) is 10.2 Å². The standard InChI is InChI=1S/C15H21N3S/c1-10(2)7-14-17-18-15(19-14)16-9-13-8-11(3)5-6-12(13)4/h5-6,8,10H,7,9H2,1-4H3,(H,16,18). The molecule has 0 unspecified atom stereocenters. The summed E-state index contributed by atoms with van der Waals surface area (Å²) < 4.78 is 0. The lowest BCUT2D eigenvalue weighted by molar-refractivity contribution is 0.640. The molecule has 0 radical (unpaired) electrons. The molecular weight excluding hydrogens is 254 g/mol. The second-order valence-corrected chi connectivity index (χ2v) is 6.44. The highest BCUT2D eigenvalue weighted by molar-refractivity contribution is 7.15. The second kappa shape index (κ2) is 6.15. The van der Waals surface area contributed by atoms with E-state index in [2.05, 4.69) is 61.4 Å². The second-order valence-electron chi connectivity index (χ2n) is 5.38. The number of rotatable bonds is 5. The van der Waals surface area contributed by atoms with E-state index in [1.54, 1.807) is 11.3 Å². The summed E-state index contributed by atoms with van der Waals surface area (Å²) in [5.74, 6) is 0.625. The van der Waals surface area contributed by atoms with E-state index in [-0.39, 0.29) is 0 Å². The van der Waals surface area contributed by atoms with Gasteiger partial charge in [-0.2, -0.15) is 0 Å². The number of nitrogens with zero attached hydrogens (tertiary/aromatic N) is 2. The highest BCUT2D eigenvalue weighted by Gasteiger charge is 2.06. The molecule has 0 aliphatic rings. The number of hydrogen-bond donors (Lipinski definition) is 1. The van der Waals surface area contributed by atoms with Crippen molar-refractivity contribution in [3.05, 3.63) is 39.9 Å². The van der Waals surface area contributed by atoms with Crippen LogP contribution in [0.1, 0.15) is 35.5 Å². The van der Waals surface area contributed by atoms with Crippen molar-refractivity contribution in [1.29, 1.82) is 0 Å². The Morgan fingerprint density at radius 1 is 1.21 bits per heavy atom. The minimum absolute atomic E-state index is 0.625. The van der Waals surface area contributed by atoms with Gasteiger partial charge in [-0.1, -0.05) is 48.9 Å². The van der Waals surface area contributed by atoms with Gasteiger partial charge in [0.05, 0.1) is 0 Å². The summed E-state index contributed by atoms with van der Waals surface area (Å²) in [6, 6.07) is 6.53. The van der Waals surface area contributed by atoms with E-state index in [1.165, 1.54) is 16.7 Å². The van der Waals surface area contributed by atoms with Gasteiger partial charge < -0.3 is 5.32 Å². The van der Waals surface area contributed by atoms with E-state index in [0.29, 0.717) is 5.92 Å². The van der Waals surface area contributed by atoms with E-state index >= 15 is 0 Å². The summed E-state index contributed by atoms with van der Waals surface area (Å²) in [6.07, 6.45) is 1.00. The molecule has 0 saturated heterocycles. The first-order chi connectivity index (χ1) is 9.04.